The number of morpholine rings is 1. The van der Waals surface area contributed by atoms with Crippen LogP contribution in [0, 0.1) is 10.1 Å². The van der Waals surface area contributed by atoms with Crippen LogP contribution in [0.15, 0.2) is 18.2 Å². The monoisotopic (exact) mass is 277 g/mol. The molecule has 2 fully saturated rings. The van der Waals surface area contributed by atoms with E-state index in [0.717, 1.165) is 63.6 Å². The van der Waals surface area contributed by atoms with E-state index in [9.17, 15) is 10.1 Å². The van der Waals surface area contributed by atoms with Crippen molar-refractivity contribution in [3.63, 3.8) is 0 Å². The Kier molecular flexibility index (Phi) is 3.73. The molecule has 3 rings (SSSR count). The van der Waals surface area contributed by atoms with Gasteiger partial charge in [-0.2, -0.15) is 0 Å². The number of benzene rings is 1. The van der Waals surface area contributed by atoms with Gasteiger partial charge in [-0.25, -0.2) is 0 Å². The number of hydrogen-bond donors (Lipinski definition) is 0. The molecule has 0 spiro atoms. The van der Waals surface area contributed by atoms with E-state index in [-0.39, 0.29) is 10.6 Å². The van der Waals surface area contributed by atoms with Gasteiger partial charge in [0.25, 0.3) is 5.69 Å². The Balaban J connectivity index is 1.92. The van der Waals surface area contributed by atoms with Gasteiger partial charge >= 0.3 is 0 Å². The number of ether oxygens (including phenoxy) is 1. The Morgan fingerprint density at radius 1 is 1.05 bits per heavy atom. The summed E-state index contributed by atoms with van der Waals surface area (Å²) in [6.07, 6.45) is 2.22. The minimum Gasteiger partial charge on any atom is -0.378 e. The Hall–Kier alpha value is -1.82. The molecular weight excluding hydrogens is 258 g/mol. The molecule has 1 aromatic rings. The van der Waals surface area contributed by atoms with Crippen molar-refractivity contribution in [1.82, 2.24) is 0 Å². The number of nitro groups is 1. The fourth-order valence-corrected chi connectivity index (χ4v) is 2.90. The highest BCUT2D eigenvalue weighted by Gasteiger charge is 2.24. The SMILES string of the molecule is O=[N+]([O-])c1ccc(N2CCOCC2)cc1N1CCCC1. The third-order valence-electron chi connectivity index (χ3n) is 3.98. The molecule has 0 radical (unpaired) electrons. The van der Waals surface area contributed by atoms with Crippen molar-refractivity contribution in [3.05, 3.63) is 28.3 Å². The van der Waals surface area contributed by atoms with Gasteiger partial charge in [0, 0.05) is 37.9 Å². The zero-order chi connectivity index (χ0) is 13.9. The molecule has 0 atom stereocenters. The molecule has 0 bridgehead atoms. The largest absolute Gasteiger partial charge is 0.378 e. The molecule has 0 N–H and O–H groups in total. The van der Waals surface area contributed by atoms with Crippen molar-refractivity contribution in [2.45, 2.75) is 12.8 Å². The molecule has 0 aliphatic carbocycles. The maximum absolute atomic E-state index is 11.2. The second-order valence-electron chi connectivity index (χ2n) is 5.22. The third-order valence-corrected chi connectivity index (χ3v) is 3.98. The average Bonchev–Trinajstić information content (AvgIpc) is 3.01. The first kappa shape index (κ1) is 13.2. The van der Waals surface area contributed by atoms with E-state index >= 15 is 0 Å². The minimum atomic E-state index is -0.281. The lowest BCUT2D eigenvalue weighted by Crippen LogP contribution is -2.36. The maximum atomic E-state index is 11.2. The lowest BCUT2D eigenvalue weighted by molar-refractivity contribution is -0.384. The molecule has 0 amide bonds. The zero-order valence-corrected chi connectivity index (χ0v) is 11.5. The normalized spacial score (nSPS) is 19.4. The summed E-state index contributed by atoms with van der Waals surface area (Å²) in [5.74, 6) is 0. The van der Waals surface area contributed by atoms with Crippen LogP contribution in [0.4, 0.5) is 17.1 Å². The molecule has 2 heterocycles. The summed E-state index contributed by atoms with van der Waals surface area (Å²) in [5, 5.41) is 11.2. The van der Waals surface area contributed by atoms with Crippen LogP contribution >= 0.6 is 0 Å². The van der Waals surface area contributed by atoms with Crippen LogP contribution in [0.3, 0.4) is 0 Å². The number of nitrogens with zero attached hydrogens (tertiary/aromatic N) is 3. The third kappa shape index (κ3) is 2.56. The first-order chi connectivity index (χ1) is 9.75. The molecule has 2 aliphatic heterocycles. The molecule has 1 aromatic carbocycles. The fourth-order valence-electron chi connectivity index (χ4n) is 2.90. The van der Waals surface area contributed by atoms with E-state index in [1.807, 2.05) is 12.1 Å². The summed E-state index contributed by atoms with van der Waals surface area (Å²) in [5.41, 5.74) is 2.03. The molecule has 0 saturated carbocycles. The van der Waals surface area contributed by atoms with Gasteiger partial charge in [0.2, 0.25) is 0 Å². The van der Waals surface area contributed by atoms with Crippen LogP contribution in [-0.4, -0.2) is 44.3 Å². The Morgan fingerprint density at radius 3 is 2.40 bits per heavy atom. The number of rotatable bonds is 3. The second kappa shape index (κ2) is 5.66. The van der Waals surface area contributed by atoms with Gasteiger partial charge in [-0.1, -0.05) is 0 Å². The Morgan fingerprint density at radius 2 is 1.75 bits per heavy atom. The van der Waals surface area contributed by atoms with Crippen molar-refractivity contribution in [3.8, 4) is 0 Å². The molecule has 2 saturated heterocycles. The van der Waals surface area contributed by atoms with E-state index in [2.05, 4.69) is 9.80 Å². The predicted octanol–water partition coefficient (Wildman–Crippen LogP) is 2.03. The quantitative estimate of drug-likeness (QED) is 0.625. The van der Waals surface area contributed by atoms with E-state index < -0.39 is 0 Å². The smallest absolute Gasteiger partial charge is 0.292 e. The van der Waals surface area contributed by atoms with Crippen molar-refractivity contribution in [1.29, 1.82) is 0 Å². The maximum Gasteiger partial charge on any atom is 0.292 e. The zero-order valence-electron chi connectivity index (χ0n) is 11.5. The van der Waals surface area contributed by atoms with Crippen LogP contribution in [-0.2, 0) is 4.74 Å². The summed E-state index contributed by atoms with van der Waals surface area (Å²) in [4.78, 5) is 15.3. The van der Waals surface area contributed by atoms with E-state index in [1.54, 1.807) is 6.07 Å². The van der Waals surface area contributed by atoms with Crippen LogP contribution in [0.1, 0.15) is 12.8 Å². The summed E-state index contributed by atoms with van der Waals surface area (Å²) in [7, 11) is 0. The van der Waals surface area contributed by atoms with Crippen LogP contribution in [0.25, 0.3) is 0 Å². The Bertz CT molecular complexity index is 494. The van der Waals surface area contributed by atoms with Crippen LogP contribution in [0.5, 0.6) is 0 Å². The summed E-state index contributed by atoms with van der Waals surface area (Å²) in [6.45, 7) is 4.95. The first-order valence-corrected chi connectivity index (χ1v) is 7.12. The summed E-state index contributed by atoms with van der Waals surface area (Å²) >= 11 is 0. The molecule has 0 unspecified atom stereocenters. The standard InChI is InChI=1S/C14H19N3O3/c18-17(19)13-4-3-12(15-7-9-20-10-8-15)11-14(13)16-5-1-2-6-16/h3-4,11H,1-2,5-10H2. The van der Waals surface area contributed by atoms with Gasteiger partial charge in [0.05, 0.1) is 18.1 Å². The first-order valence-electron chi connectivity index (χ1n) is 7.12. The minimum absolute atomic E-state index is 0.212. The van der Waals surface area contributed by atoms with Crippen molar-refractivity contribution >= 4 is 17.1 Å². The number of hydrogen-bond acceptors (Lipinski definition) is 5. The van der Waals surface area contributed by atoms with Gasteiger partial charge in [0.15, 0.2) is 0 Å². The van der Waals surface area contributed by atoms with Gasteiger partial charge < -0.3 is 14.5 Å². The highest BCUT2D eigenvalue weighted by Crippen LogP contribution is 2.34. The highest BCUT2D eigenvalue weighted by atomic mass is 16.6. The van der Waals surface area contributed by atoms with E-state index in [4.69, 9.17) is 4.74 Å². The van der Waals surface area contributed by atoms with Crippen LogP contribution < -0.4 is 9.80 Å². The number of anilines is 2. The number of nitro benzene ring substituents is 1. The molecule has 108 valence electrons. The molecule has 2 aliphatic rings. The Labute approximate surface area is 118 Å². The molecule has 20 heavy (non-hydrogen) atoms. The predicted molar refractivity (Wildman–Crippen MR) is 77.6 cm³/mol. The van der Waals surface area contributed by atoms with Crippen molar-refractivity contribution in [2.75, 3.05) is 49.2 Å². The second-order valence-corrected chi connectivity index (χ2v) is 5.22. The van der Waals surface area contributed by atoms with Gasteiger partial charge in [0.1, 0.15) is 5.69 Å². The van der Waals surface area contributed by atoms with Gasteiger partial charge in [-0.3, -0.25) is 10.1 Å². The molecule has 6 nitrogen and oxygen atoms in total. The lowest BCUT2D eigenvalue weighted by Gasteiger charge is -2.30. The van der Waals surface area contributed by atoms with E-state index in [0.29, 0.717) is 0 Å². The highest BCUT2D eigenvalue weighted by molar-refractivity contribution is 5.70. The topological polar surface area (TPSA) is 58.9 Å². The van der Waals surface area contributed by atoms with Crippen molar-refractivity contribution in [2.24, 2.45) is 0 Å². The van der Waals surface area contributed by atoms with Crippen LogP contribution in [0.2, 0.25) is 0 Å². The van der Waals surface area contributed by atoms with Gasteiger partial charge in [-0.05, 0) is 25.0 Å². The van der Waals surface area contributed by atoms with E-state index in [1.165, 1.54) is 0 Å². The summed E-state index contributed by atoms with van der Waals surface area (Å²) in [6, 6.07) is 5.45. The molecule has 0 aromatic heterocycles. The molecule has 6 heteroatoms. The average molecular weight is 277 g/mol. The summed E-state index contributed by atoms with van der Waals surface area (Å²) < 4.78 is 5.35. The fraction of sp³-hybridized carbons (Fsp3) is 0.571. The van der Waals surface area contributed by atoms with Crippen molar-refractivity contribution < 1.29 is 9.66 Å². The molecular formula is C14H19N3O3. The lowest BCUT2D eigenvalue weighted by atomic mass is 10.2. The van der Waals surface area contributed by atoms with Gasteiger partial charge in [-0.15, -0.1) is 0 Å².